The molecule has 1 aromatic carbocycles. The molecule has 1 aromatic rings. The molecule has 1 N–H and O–H groups in total. The summed E-state index contributed by atoms with van der Waals surface area (Å²) in [4.78, 5) is 16.7. The molecule has 0 aromatic heterocycles. The van der Waals surface area contributed by atoms with Gasteiger partial charge in [-0.3, -0.25) is 9.69 Å². The van der Waals surface area contributed by atoms with Crippen LogP contribution in [0.1, 0.15) is 38.2 Å². The van der Waals surface area contributed by atoms with Crippen molar-refractivity contribution in [3.63, 3.8) is 0 Å². The van der Waals surface area contributed by atoms with Gasteiger partial charge in [0, 0.05) is 39.3 Å². The van der Waals surface area contributed by atoms with Crippen LogP contribution >= 0.6 is 0 Å². The van der Waals surface area contributed by atoms with Crippen LogP contribution in [-0.4, -0.2) is 74.9 Å². The summed E-state index contributed by atoms with van der Waals surface area (Å²) >= 11 is 0. The minimum atomic E-state index is -3.27. The van der Waals surface area contributed by atoms with Gasteiger partial charge in [-0.05, 0) is 24.9 Å². The van der Waals surface area contributed by atoms with E-state index in [1.807, 2.05) is 13.0 Å². The predicted octanol–water partition coefficient (Wildman–Crippen LogP) is 1.92. The number of piperazine rings is 1. The van der Waals surface area contributed by atoms with Crippen LogP contribution in [-0.2, 0) is 21.2 Å². The Hall–Kier alpha value is -1.44. The molecule has 0 radical (unpaired) electrons. The molecule has 6 nitrogen and oxygen atoms in total. The molecule has 1 aliphatic heterocycles. The lowest BCUT2D eigenvalue weighted by atomic mass is 10.2. The average Bonchev–Trinajstić information content (AvgIpc) is 2.67. The van der Waals surface area contributed by atoms with Crippen LogP contribution in [0.4, 0.5) is 0 Å². The van der Waals surface area contributed by atoms with Gasteiger partial charge in [-0.15, -0.1) is 0 Å². The number of unbranched alkanes of at least 4 members (excludes halogenated alkanes) is 2. The topological polar surface area (TPSA) is 69.7 Å². The summed E-state index contributed by atoms with van der Waals surface area (Å²) in [6.07, 6.45) is 3.35. The lowest BCUT2D eigenvalue weighted by molar-refractivity contribution is -0.118. The Labute approximate surface area is 170 Å². The van der Waals surface area contributed by atoms with Gasteiger partial charge in [0.2, 0.25) is 5.91 Å². The Balaban J connectivity index is 1.55. The molecule has 0 aliphatic carbocycles. The van der Waals surface area contributed by atoms with Crippen LogP contribution in [0.25, 0.3) is 0 Å². The summed E-state index contributed by atoms with van der Waals surface area (Å²) in [5, 5.41) is 2.76. The van der Waals surface area contributed by atoms with Gasteiger partial charge >= 0.3 is 0 Å². The number of hydrogen-bond donors (Lipinski definition) is 1. The zero-order chi connectivity index (χ0) is 20.2. The molecule has 158 valence electrons. The first-order valence-electron chi connectivity index (χ1n) is 10.4. The number of amides is 1. The molecule has 1 amide bonds. The van der Waals surface area contributed by atoms with Gasteiger partial charge < -0.3 is 10.2 Å². The summed E-state index contributed by atoms with van der Waals surface area (Å²) in [5.74, 6) is -0.639. The van der Waals surface area contributed by atoms with E-state index in [0.717, 1.165) is 58.5 Å². The number of sulfone groups is 1. The van der Waals surface area contributed by atoms with E-state index in [9.17, 15) is 13.2 Å². The maximum atomic E-state index is 11.9. The third-order valence-electron chi connectivity index (χ3n) is 5.10. The lowest BCUT2D eigenvalue weighted by Crippen LogP contribution is -2.46. The highest BCUT2D eigenvalue weighted by Gasteiger charge is 2.18. The smallest absolute Gasteiger partial charge is 0.235 e. The Bertz CT molecular complexity index is 671. The van der Waals surface area contributed by atoms with Gasteiger partial charge in [-0.2, -0.15) is 0 Å². The fourth-order valence-electron chi connectivity index (χ4n) is 3.44. The highest BCUT2D eigenvalue weighted by molar-refractivity contribution is 7.92. The predicted molar refractivity (Wildman–Crippen MR) is 114 cm³/mol. The first-order valence-corrected chi connectivity index (χ1v) is 12.3. The van der Waals surface area contributed by atoms with Crippen molar-refractivity contribution in [1.29, 1.82) is 0 Å². The van der Waals surface area contributed by atoms with Crippen molar-refractivity contribution in [3.05, 3.63) is 35.9 Å². The number of hydrogen-bond acceptors (Lipinski definition) is 5. The lowest BCUT2D eigenvalue weighted by Gasteiger charge is -2.34. The van der Waals surface area contributed by atoms with Crippen LogP contribution in [0.5, 0.6) is 0 Å². The quantitative estimate of drug-likeness (QED) is 0.534. The molecule has 2 rings (SSSR count). The first kappa shape index (κ1) is 22.8. The van der Waals surface area contributed by atoms with Gasteiger partial charge in [0.25, 0.3) is 0 Å². The van der Waals surface area contributed by atoms with Crippen molar-refractivity contribution in [2.45, 2.75) is 39.2 Å². The molecule has 1 aliphatic rings. The van der Waals surface area contributed by atoms with Crippen LogP contribution in [0.2, 0.25) is 0 Å². The fraction of sp³-hybridized carbons (Fsp3) is 0.667. The van der Waals surface area contributed by atoms with Crippen LogP contribution in [0.15, 0.2) is 30.3 Å². The van der Waals surface area contributed by atoms with E-state index in [4.69, 9.17) is 0 Å². The van der Waals surface area contributed by atoms with E-state index in [1.54, 1.807) is 0 Å². The standard InChI is InChI=1S/C21H35N3O3S/c1-2-3-7-17-28(26,27)19-21(25)22-11-8-12-23-13-15-24(16-14-23)18-20-9-5-4-6-10-20/h4-6,9-10H,2-3,7-8,11-19H2,1H3,(H,22,25). The summed E-state index contributed by atoms with van der Waals surface area (Å²) in [7, 11) is -3.27. The molecule has 0 bridgehead atoms. The van der Waals surface area contributed by atoms with Crippen molar-refractivity contribution < 1.29 is 13.2 Å². The Morgan fingerprint density at radius 1 is 1.00 bits per heavy atom. The Kier molecular flexibility index (Phi) is 9.95. The van der Waals surface area contributed by atoms with Gasteiger partial charge in [-0.25, -0.2) is 8.42 Å². The highest BCUT2D eigenvalue weighted by Crippen LogP contribution is 2.08. The SMILES string of the molecule is CCCCCS(=O)(=O)CC(=O)NCCCN1CCN(Cc2ccccc2)CC1. The number of nitrogens with zero attached hydrogens (tertiary/aromatic N) is 2. The zero-order valence-corrected chi connectivity index (χ0v) is 17.9. The molecular formula is C21H35N3O3S. The van der Waals surface area contributed by atoms with E-state index < -0.39 is 9.84 Å². The molecule has 0 unspecified atom stereocenters. The molecule has 7 heteroatoms. The van der Waals surface area contributed by atoms with Crippen molar-refractivity contribution in [2.24, 2.45) is 0 Å². The molecular weight excluding hydrogens is 374 g/mol. The van der Waals surface area contributed by atoms with Gasteiger partial charge in [0.05, 0.1) is 5.75 Å². The van der Waals surface area contributed by atoms with Gasteiger partial charge in [0.1, 0.15) is 5.75 Å². The van der Waals surface area contributed by atoms with Crippen LogP contribution in [0, 0.1) is 0 Å². The summed E-state index contributed by atoms with van der Waals surface area (Å²) in [6, 6.07) is 10.5. The monoisotopic (exact) mass is 409 g/mol. The van der Waals surface area contributed by atoms with E-state index in [1.165, 1.54) is 5.56 Å². The Morgan fingerprint density at radius 3 is 2.36 bits per heavy atom. The van der Waals surface area contributed by atoms with Crippen molar-refractivity contribution in [2.75, 3.05) is 50.8 Å². The minimum Gasteiger partial charge on any atom is -0.355 e. The summed E-state index contributed by atoms with van der Waals surface area (Å²) in [6.45, 7) is 8.67. The molecule has 0 atom stereocenters. The van der Waals surface area contributed by atoms with Crippen molar-refractivity contribution >= 4 is 15.7 Å². The van der Waals surface area contributed by atoms with E-state index in [-0.39, 0.29) is 17.4 Å². The van der Waals surface area contributed by atoms with Gasteiger partial charge in [0.15, 0.2) is 9.84 Å². The maximum Gasteiger partial charge on any atom is 0.235 e. The number of carbonyl (C=O) groups excluding carboxylic acids is 1. The number of nitrogens with one attached hydrogen (secondary N) is 1. The number of rotatable bonds is 12. The fourth-order valence-corrected chi connectivity index (χ4v) is 4.73. The summed E-state index contributed by atoms with van der Waals surface area (Å²) in [5.41, 5.74) is 1.35. The number of carbonyl (C=O) groups is 1. The van der Waals surface area contributed by atoms with Crippen LogP contribution in [0.3, 0.4) is 0 Å². The molecule has 1 saturated heterocycles. The van der Waals surface area contributed by atoms with E-state index in [2.05, 4.69) is 39.4 Å². The van der Waals surface area contributed by atoms with Crippen molar-refractivity contribution in [3.8, 4) is 0 Å². The van der Waals surface area contributed by atoms with E-state index in [0.29, 0.717) is 13.0 Å². The molecule has 0 saturated carbocycles. The molecule has 0 spiro atoms. The van der Waals surface area contributed by atoms with Crippen LogP contribution < -0.4 is 5.32 Å². The third-order valence-corrected chi connectivity index (χ3v) is 6.71. The molecule has 28 heavy (non-hydrogen) atoms. The minimum absolute atomic E-state index is 0.113. The van der Waals surface area contributed by atoms with Crippen molar-refractivity contribution in [1.82, 2.24) is 15.1 Å². The molecule has 1 heterocycles. The number of benzene rings is 1. The zero-order valence-electron chi connectivity index (χ0n) is 17.1. The molecule has 1 fully saturated rings. The maximum absolute atomic E-state index is 11.9. The second kappa shape index (κ2) is 12.2. The van der Waals surface area contributed by atoms with E-state index >= 15 is 0 Å². The largest absolute Gasteiger partial charge is 0.355 e. The second-order valence-corrected chi connectivity index (χ2v) is 9.79. The Morgan fingerprint density at radius 2 is 1.68 bits per heavy atom. The van der Waals surface area contributed by atoms with Gasteiger partial charge in [-0.1, -0.05) is 50.1 Å². The average molecular weight is 410 g/mol. The first-order chi connectivity index (χ1) is 13.5. The summed E-state index contributed by atoms with van der Waals surface area (Å²) < 4.78 is 23.8. The highest BCUT2D eigenvalue weighted by atomic mass is 32.2. The second-order valence-electron chi connectivity index (χ2n) is 7.61. The normalized spacial score (nSPS) is 16.2. The third kappa shape index (κ3) is 9.17.